The molecule has 112 valence electrons. The number of urea groups is 1. The summed E-state index contributed by atoms with van der Waals surface area (Å²) in [6.07, 6.45) is 1.76. The van der Waals surface area contributed by atoms with Crippen molar-refractivity contribution < 1.29 is 19.8 Å². The zero-order chi connectivity index (χ0) is 15.1. The van der Waals surface area contributed by atoms with Gasteiger partial charge in [-0.2, -0.15) is 0 Å². The van der Waals surface area contributed by atoms with Crippen LogP contribution in [0.1, 0.15) is 40.5 Å². The Balaban J connectivity index is 5.01. The summed E-state index contributed by atoms with van der Waals surface area (Å²) in [5.41, 5.74) is -1.26. The van der Waals surface area contributed by atoms with Gasteiger partial charge < -0.3 is 20.0 Å². The Labute approximate surface area is 115 Å². The van der Waals surface area contributed by atoms with Gasteiger partial charge in [0.15, 0.2) is 0 Å². The van der Waals surface area contributed by atoms with Gasteiger partial charge in [-0.25, -0.2) is 9.59 Å². The maximum Gasteiger partial charge on any atom is 0.329 e. The molecule has 0 rings (SSSR count). The van der Waals surface area contributed by atoms with E-state index in [1.165, 1.54) is 23.6 Å². The first-order valence-electron chi connectivity index (χ1n) is 6.73. The number of carbonyl (C=O) groups excluding carboxylic acids is 1. The SMILES string of the molecule is CCCCN(CCO)C(=O)N(CC)C(C)(C)C(=O)O. The first kappa shape index (κ1) is 17.7. The van der Waals surface area contributed by atoms with E-state index in [-0.39, 0.29) is 19.2 Å². The highest BCUT2D eigenvalue weighted by Gasteiger charge is 2.38. The first-order chi connectivity index (χ1) is 8.82. The number of unbranched alkanes of at least 4 members (excludes halogenated alkanes) is 1. The van der Waals surface area contributed by atoms with E-state index >= 15 is 0 Å². The van der Waals surface area contributed by atoms with Crippen LogP contribution in [0.15, 0.2) is 0 Å². The molecular formula is C13H26N2O4. The van der Waals surface area contributed by atoms with Gasteiger partial charge in [0, 0.05) is 19.6 Å². The number of aliphatic carboxylic acids is 1. The minimum Gasteiger partial charge on any atom is -0.480 e. The molecule has 0 unspecified atom stereocenters. The number of amides is 2. The number of likely N-dealkylation sites (N-methyl/N-ethyl adjacent to an activating group) is 1. The largest absolute Gasteiger partial charge is 0.480 e. The smallest absolute Gasteiger partial charge is 0.329 e. The molecule has 0 spiro atoms. The minimum atomic E-state index is -1.26. The van der Waals surface area contributed by atoms with Crippen molar-refractivity contribution in [3.05, 3.63) is 0 Å². The van der Waals surface area contributed by atoms with Crippen LogP contribution >= 0.6 is 0 Å². The van der Waals surface area contributed by atoms with Crippen molar-refractivity contribution in [3.63, 3.8) is 0 Å². The molecule has 0 saturated carbocycles. The zero-order valence-corrected chi connectivity index (χ0v) is 12.3. The van der Waals surface area contributed by atoms with E-state index in [2.05, 4.69) is 0 Å². The van der Waals surface area contributed by atoms with E-state index in [1.807, 2.05) is 6.92 Å². The molecule has 0 atom stereocenters. The predicted molar refractivity (Wildman–Crippen MR) is 73.1 cm³/mol. The van der Waals surface area contributed by atoms with Crippen LogP contribution in [-0.4, -0.2) is 63.8 Å². The lowest BCUT2D eigenvalue weighted by molar-refractivity contribution is -0.147. The summed E-state index contributed by atoms with van der Waals surface area (Å²) in [5, 5.41) is 18.2. The molecule has 0 fully saturated rings. The predicted octanol–water partition coefficient (Wildman–Crippen LogP) is 1.39. The van der Waals surface area contributed by atoms with Crippen LogP contribution in [-0.2, 0) is 4.79 Å². The van der Waals surface area contributed by atoms with Crippen molar-refractivity contribution in [2.24, 2.45) is 0 Å². The van der Waals surface area contributed by atoms with E-state index in [0.29, 0.717) is 13.1 Å². The fourth-order valence-corrected chi connectivity index (χ4v) is 1.83. The second-order valence-electron chi connectivity index (χ2n) is 4.96. The summed E-state index contributed by atoms with van der Waals surface area (Å²) < 4.78 is 0. The molecule has 0 radical (unpaired) electrons. The van der Waals surface area contributed by atoms with Crippen LogP contribution in [0.2, 0.25) is 0 Å². The normalized spacial score (nSPS) is 11.2. The summed E-state index contributed by atoms with van der Waals surface area (Å²) in [6.45, 7) is 7.72. The number of carbonyl (C=O) groups is 2. The Hall–Kier alpha value is -1.30. The van der Waals surface area contributed by atoms with Crippen molar-refractivity contribution >= 4 is 12.0 Å². The van der Waals surface area contributed by atoms with Crippen LogP contribution in [0.25, 0.3) is 0 Å². The van der Waals surface area contributed by atoms with Crippen molar-refractivity contribution in [1.29, 1.82) is 0 Å². The Morgan fingerprint density at radius 1 is 1.16 bits per heavy atom. The molecule has 0 bridgehead atoms. The minimum absolute atomic E-state index is 0.124. The Kier molecular flexibility index (Phi) is 7.44. The van der Waals surface area contributed by atoms with Crippen LogP contribution in [0.5, 0.6) is 0 Å². The zero-order valence-electron chi connectivity index (χ0n) is 12.3. The molecular weight excluding hydrogens is 248 g/mol. The lowest BCUT2D eigenvalue weighted by atomic mass is 10.0. The third kappa shape index (κ3) is 4.70. The maximum atomic E-state index is 12.4. The highest BCUT2D eigenvalue weighted by Crippen LogP contribution is 2.17. The first-order valence-corrected chi connectivity index (χ1v) is 6.73. The van der Waals surface area contributed by atoms with Crippen molar-refractivity contribution in [2.45, 2.75) is 46.1 Å². The van der Waals surface area contributed by atoms with E-state index in [1.54, 1.807) is 6.92 Å². The standard InChI is InChI=1S/C13H26N2O4/c1-5-7-8-14(9-10-16)12(19)15(6-2)13(3,4)11(17)18/h16H,5-10H2,1-4H3,(H,17,18). The number of carboxylic acid groups (broad SMARTS) is 1. The highest BCUT2D eigenvalue weighted by atomic mass is 16.4. The van der Waals surface area contributed by atoms with Crippen molar-refractivity contribution in [1.82, 2.24) is 9.80 Å². The van der Waals surface area contributed by atoms with E-state index < -0.39 is 11.5 Å². The van der Waals surface area contributed by atoms with Gasteiger partial charge in [0.25, 0.3) is 0 Å². The van der Waals surface area contributed by atoms with Crippen LogP contribution in [0.3, 0.4) is 0 Å². The van der Waals surface area contributed by atoms with E-state index in [9.17, 15) is 14.7 Å². The number of nitrogens with zero attached hydrogens (tertiary/aromatic N) is 2. The lowest BCUT2D eigenvalue weighted by Crippen LogP contribution is -2.57. The van der Waals surface area contributed by atoms with Gasteiger partial charge in [0.2, 0.25) is 0 Å². The number of hydrogen-bond donors (Lipinski definition) is 2. The average molecular weight is 274 g/mol. The van der Waals surface area contributed by atoms with Gasteiger partial charge in [-0.15, -0.1) is 0 Å². The molecule has 0 aromatic carbocycles. The molecule has 6 nitrogen and oxygen atoms in total. The van der Waals surface area contributed by atoms with Gasteiger partial charge in [0.1, 0.15) is 5.54 Å². The number of aliphatic hydroxyl groups is 1. The third-order valence-electron chi connectivity index (χ3n) is 3.17. The fraction of sp³-hybridized carbons (Fsp3) is 0.846. The summed E-state index contributed by atoms with van der Waals surface area (Å²) >= 11 is 0. The van der Waals surface area contributed by atoms with E-state index in [0.717, 1.165) is 12.8 Å². The average Bonchev–Trinajstić information content (AvgIpc) is 2.34. The van der Waals surface area contributed by atoms with Crippen LogP contribution in [0.4, 0.5) is 4.79 Å². The third-order valence-corrected chi connectivity index (χ3v) is 3.17. The quantitative estimate of drug-likeness (QED) is 0.701. The second kappa shape index (κ2) is 7.99. The topological polar surface area (TPSA) is 81.1 Å². The van der Waals surface area contributed by atoms with Crippen LogP contribution in [0, 0.1) is 0 Å². The highest BCUT2D eigenvalue weighted by molar-refractivity contribution is 5.85. The molecule has 0 aliphatic carbocycles. The number of carboxylic acids is 1. The van der Waals surface area contributed by atoms with Gasteiger partial charge in [-0.05, 0) is 27.2 Å². The summed E-state index contributed by atoms with van der Waals surface area (Å²) in [7, 11) is 0. The summed E-state index contributed by atoms with van der Waals surface area (Å²) in [4.78, 5) is 26.5. The van der Waals surface area contributed by atoms with Gasteiger partial charge in [-0.3, -0.25) is 0 Å². The molecule has 0 saturated heterocycles. The van der Waals surface area contributed by atoms with Crippen LogP contribution < -0.4 is 0 Å². The molecule has 2 amide bonds. The molecule has 0 aliphatic rings. The summed E-state index contributed by atoms with van der Waals surface area (Å²) in [5.74, 6) is -1.04. The van der Waals surface area contributed by atoms with E-state index in [4.69, 9.17) is 5.11 Å². The molecule has 0 heterocycles. The molecule has 0 aromatic heterocycles. The lowest BCUT2D eigenvalue weighted by Gasteiger charge is -2.38. The second-order valence-corrected chi connectivity index (χ2v) is 4.96. The molecule has 0 aliphatic heterocycles. The number of hydrogen-bond acceptors (Lipinski definition) is 3. The van der Waals surface area contributed by atoms with Gasteiger partial charge in [0.05, 0.1) is 6.61 Å². The fourth-order valence-electron chi connectivity index (χ4n) is 1.83. The Bertz CT molecular complexity index is 305. The number of rotatable bonds is 8. The molecule has 2 N–H and O–H groups in total. The molecule has 19 heavy (non-hydrogen) atoms. The summed E-state index contributed by atoms with van der Waals surface area (Å²) in [6, 6.07) is -0.336. The Morgan fingerprint density at radius 3 is 2.11 bits per heavy atom. The van der Waals surface area contributed by atoms with Crippen molar-refractivity contribution in [2.75, 3.05) is 26.2 Å². The van der Waals surface area contributed by atoms with Gasteiger partial charge in [-0.1, -0.05) is 13.3 Å². The monoisotopic (exact) mass is 274 g/mol. The molecule has 0 aromatic rings. The maximum absolute atomic E-state index is 12.4. The number of aliphatic hydroxyl groups excluding tert-OH is 1. The van der Waals surface area contributed by atoms with Gasteiger partial charge >= 0.3 is 12.0 Å². The Morgan fingerprint density at radius 2 is 1.74 bits per heavy atom. The molecule has 6 heteroatoms. The van der Waals surface area contributed by atoms with Crippen molar-refractivity contribution in [3.8, 4) is 0 Å².